The number of imide groups is 2. The van der Waals surface area contributed by atoms with Crippen molar-refractivity contribution in [2.24, 2.45) is 0 Å². The lowest BCUT2D eigenvalue weighted by atomic mass is 10.1. The van der Waals surface area contributed by atoms with E-state index in [9.17, 15) is 24.3 Å². The molecule has 160 valence electrons. The number of rotatable bonds is 4. The second-order valence-electron chi connectivity index (χ2n) is 6.64. The van der Waals surface area contributed by atoms with E-state index in [4.69, 9.17) is 27.6 Å². The summed E-state index contributed by atoms with van der Waals surface area (Å²) in [4.78, 5) is 49.5. The average molecular weight is 471 g/mol. The Morgan fingerprint density at radius 1 is 1.00 bits per heavy atom. The number of carboxylic acids is 1. The summed E-state index contributed by atoms with van der Waals surface area (Å²) in [6.07, 6.45) is 1.20. The van der Waals surface area contributed by atoms with Gasteiger partial charge in [-0.1, -0.05) is 23.2 Å². The molecule has 1 saturated heterocycles. The Labute approximate surface area is 190 Å². The molecule has 3 aromatic rings. The van der Waals surface area contributed by atoms with Gasteiger partial charge in [-0.05, 0) is 60.7 Å². The van der Waals surface area contributed by atoms with Gasteiger partial charge in [0.1, 0.15) is 17.1 Å². The molecule has 4 rings (SSSR count). The van der Waals surface area contributed by atoms with Gasteiger partial charge >= 0.3 is 12.0 Å². The number of hydrogen-bond donors (Lipinski definition) is 2. The second-order valence-corrected chi connectivity index (χ2v) is 7.48. The molecular formula is C22H12Cl2N2O6. The van der Waals surface area contributed by atoms with Crippen molar-refractivity contribution in [1.82, 2.24) is 5.32 Å². The predicted octanol–water partition coefficient (Wildman–Crippen LogP) is 4.62. The zero-order valence-corrected chi connectivity index (χ0v) is 17.5. The fraction of sp³-hybridized carbons (Fsp3) is 0. The first-order chi connectivity index (χ1) is 15.2. The molecule has 4 amide bonds. The summed E-state index contributed by atoms with van der Waals surface area (Å²) < 4.78 is 5.66. The molecule has 2 aromatic carbocycles. The normalized spacial score (nSPS) is 15.2. The third-order valence-corrected chi connectivity index (χ3v) is 5.16. The van der Waals surface area contributed by atoms with Gasteiger partial charge in [-0.15, -0.1) is 0 Å². The Hall–Kier alpha value is -3.88. The first-order valence-electron chi connectivity index (χ1n) is 9.04. The zero-order valence-electron chi connectivity index (χ0n) is 16.0. The van der Waals surface area contributed by atoms with Crippen molar-refractivity contribution >= 4 is 58.8 Å². The maximum atomic E-state index is 12.9. The molecule has 0 bridgehead atoms. The van der Waals surface area contributed by atoms with Crippen LogP contribution in [-0.2, 0) is 9.59 Å². The minimum absolute atomic E-state index is 0.0755. The highest BCUT2D eigenvalue weighted by Crippen LogP contribution is 2.29. The second kappa shape index (κ2) is 8.33. The number of hydrogen-bond acceptors (Lipinski definition) is 5. The summed E-state index contributed by atoms with van der Waals surface area (Å²) in [6.45, 7) is 0. The standard InChI is InChI=1S/C22H12Cl2N2O6/c23-12-2-4-13(5-3-12)26-20(28)16(19(27)25-22(26)31)10-14-6-8-18(32-14)11-1-7-17(24)15(9-11)21(29)30/h1-10H,(H,29,30)(H,25,27,31)/b16-10+. The topological polar surface area (TPSA) is 117 Å². The first kappa shape index (κ1) is 21.4. The van der Waals surface area contributed by atoms with Gasteiger partial charge in [-0.25, -0.2) is 14.5 Å². The highest BCUT2D eigenvalue weighted by atomic mass is 35.5. The van der Waals surface area contributed by atoms with Crippen molar-refractivity contribution in [3.63, 3.8) is 0 Å². The number of furan rings is 1. The van der Waals surface area contributed by atoms with E-state index < -0.39 is 23.8 Å². The molecule has 0 radical (unpaired) electrons. The Morgan fingerprint density at radius 3 is 2.41 bits per heavy atom. The molecular weight excluding hydrogens is 459 g/mol. The van der Waals surface area contributed by atoms with Gasteiger partial charge in [-0.2, -0.15) is 0 Å². The lowest BCUT2D eigenvalue weighted by molar-refractivity contribution is -0.122. The summed E-state index contributed by atoms with van der Waals surface area (Å²) in [5.74, 6) is -2.45. The third kappa shape index (κ3) is 4.01. The van der Waals surface area contributed by atoms with Crippen LogP contribution in [0.1, 0.15) is 16.1 Å². The van der Waals surface area contributed by atoms with Crippen LogP contribution in [0, 0.1) is 0 Å². The smallest absolute Gasteiger partial charge is 0.337 e. The lowest BCUT2D eigenvalue weighted by Crippen LogP contribution is -2.54. The van der Waals surface area contributed by atoms with E-state index in [1.54, 1.807) is 12.1 Å². The summed E-state index contributed by atoms with van der Waals surface area (Å²) in [5.41, 5.74) is 0.258. The van der Waals surface area contributed by atoms with Gasteiger partial charge in [0.05, 0.1) is 16.3 Å². The van der Waals surface area contributed by atoms with Crippen LogP contribution in [-0.4, -0.2) is 28.9 Å². The van der Waals surface area contributed by atoms with Crippen LogP contribution in [0.15, 0.2) is 64.6 Å². The van der Waals surface area contributed by atoms with Crippen LogP contribution in [0.4, 0.5) is 10.5 Å². The minimum atomic E-state index is -1.19. The quantitative estimate of drug-likeness (QED) is 0.424. The van der Waals surface area contributed by atoms with Crippen LogP contribution < -0.4 is 10.2 Å². The summed E-state index contributed by atoms with van der Waals surface area (Å²) in [7, 11) is 0. The van der Waals surface area contributed by atoms with Crippen molar-refractivity contribution in [2.45, 2.75) is 0 Å². The highest BCUT2D eigenvalue weighted by Gasteiger charge is 2.37. The SMILES string of the molecule is O=C1NC(=O)N(c2ccc(Cl)cc2)C(=O)/C1=C/c1ccc(-c2ccc(Cl)c(C(=O)O)c2)o1. The van der Waals surface area contributed by atoms with Crippen molar-refractivity contribution in [3.05, 3.63) is 81.5 Å². The van der Waals surface area contributed by atoms with E-state index in [1.165, 1.54) is 48.5 Å². The van der Waals surface area contributed by atoms with Gasteiger partial charge in [0.25, 0.3) is 11.8 Å². The van der Waals surface area contributed by atoms with Gasteiger partial charge in [-0.3, -0.25) is 14.9 Å². The molecule has 0 atom stereocenters. The number of carbonyl (C=O) groups excluding carboxylic acids is 3. The fourth-order valence-corrected chi connectivity index (χ4v) is 3.38. The first-order valence-corrected chi connectivity index (χ1v) is 9.80. The maximum Gasteiger partial charge on any atom is 0.337 e. The van der Waals surface area contributed by atoms with E-state index in [1.807, 2.05) is 0 Å². The van der Waals surface area contributed by atoms with Crippen molar-refractivity contribution in [1.29, 1.82) is 0 Å². The molecule has 8 nitrogen and oxygen atoms in total. The molecule has 1 aliphatic heterocycles. The number of aromatic carboxylic acids is 1. The molecule has 2 N–H and O–H groups in total. The van der Waals surface area contributed by atoms with Crippen molar-refractivity contribution < 1.29 is 28.7 Å². The highest BCUT2D eigenvalue weighted by molar-refractivity contribution is 6.39. The minimum Gasteiger partial charge on any atom is -0.478 e. The van der Waals surface area contributed by atoms with E-state index in [0.717, 1.165) is 4.90 Å². The Morgan fingerprint density at radius 2 is 1.72 bits per heavy atom. The van der Waals surface area contributed by atoms with Crippen LogP contribution in [0.2, 0.25) is 10.0 Å². The van der Waals surface area contributed by atoms with E-state index in [2.05, 4.69) is 5.32 Å². The number of urea groups is 1. The molecule has 1 aliphatic rings. The average Bonchev–Trinajstić information content (AvgIpc) is 3.21. The molecule has 10 heteroatoms. The predicted molar refractivity (Wildman–Crippen MR) is 117 cm³/mol. The van der Waals surface area contributed by atoms with Gasteiger partial charge < -0.3 is 9.52 Å². The number of nitrogens with zero attached hydrogens (tertiary/aromatic N) is 1. The number of carbonyl (C=O) groups is 4. The zero-order chi connectivity index (χ0) is 23.0. The maximum absolute atomic E-state index is 12.9. The Balaban J connectivity index is 1.67. The Bertz CT molecular complexity index is 1310. The van der Waals surface area contributed by atoms with Crippen molar-refractivity contribution in [2.75, 3.05) is 4.90 Å². The van der Waals surface area contributed by atoms with Crippen LogP contribution in [0.3, 0.4) is 0 Å². The van der Waals surface area contributed by atoms with Crippen LogP contribution in [0.5, 0.6) is 0 Å². The summed E-state index contributed by atoms with van der Waals surface area (Å²) >= 11 is 11.7. The summed E-state index contributed by atoms with van der Waals surface area (Å²) in [6, 6.07) is 12.5. The Kier molecular flexibility index (Phi) is 5.56. The van der Waals surface area contributed by atoms with Gasteiger partial charge in [0.15, 0.2) is 0 Å². The molecule has 2 heterocycles. The molecule has 1 fully saturated rings. The summed E-state index contributed by atoms with van der Waals surface area (Å²) in [5, 5.41) is 11.8. The number of amides is 4. The van der Waals surface area contributed by atoms with Gasteiger partial charge in [0.2, 0.25) is 0 Å². The molecule has 0 saturated carbocycles. The molecule has 32 heavy (non-hydrogen) atoms. The third-order valence-electron chi connectivity index (χ3n) is 4.58. The van der Waals surface area contributed by atoms with Gasteiger partial charge in [0, 0.05) is 10.6 Å². The lowest BCUT2D eigenvalue weighted by Gasteiger charge is -2.26. The van der Waals surface area contributed by atoms with Crippen LogP contribution in [0.25, 0.3) is 17.4 Å². The number of anilines is 1. The monoisotopic (exact) mass is 470 g/mol. The number of nitrogens with one attached hydrogen (secondary N) is 1. The largest absolute Gasteiger partial charge is 0.478 e. The van der Waals surface area contributed by atoms with Crippen molar-refractivity contribution in [3.8, 4) is 11.3 Å². The number of barbiturate groups is 1. The van der Waals surface area contributed by atoms with Crippen LogP contribution >= 0.6 is 23.2 Å². The molecule has 1 aromatic heterocycles. The van der Waals surface area contributed by atoms with E-state index in [0.29, 0.717) is 16.3 Å². The number of benzene rings is 2. The van der Waals surface area contributed by atoms with E-state index >= 15 is 0 Å². The van der Waals surface area contributed by atoms with E-state index in [-0.39, 0.29) is 27.6 Å². The molecule has 0 aliphatic carbocycles. The number of carboxylic acid groups (broad SMARTS) is 1. The fourth-order valence-electron chi connectivity index (χ4n) is 3.05. The molecule has 0 unspecified atom stereocenters. The molecule has 0 spiro atoms. The number of halogens is 2.